The fourth-order valence-electron chi connectivity index (χ4n) is 4.58. The van der Waals surface area contributed by atoms with Crippen LogP contribution in [0.15, 0.2) is 53.7 Å². The first kappa shape index (κ1) is 20.8. The molecule has 1 aliphatic heterocycles. The topological polar surface area (TPSA) is 85.2 Å². The van der Waals surface area contributed by atoms with Crippen molar-refractivity contribution >= 4 is 45.9 Å². The normalized spacial score (nSPS) is 14.5. The van der Waals surface area contributed by atoms with Crippen LogP contribution in [0.25, 0.3) is 22.6 Å². The van der Waals surface area contributed by atoms with Gasteiger partial charge in [0.1, 0.15) is 5.75 Å². The van der Waals surface area contributed by atoms with E-state index in [1.54, 1.807) is 11.6 Å². The van der Waals surface area contributed by atoms with E-state index in [2.05, 4.69) is 27.2 Å². The third kappa shape index (κ3) is 3.26. The number of hydrogen-bond acceptors (Lipinski definition) is 7. The number of thioether (sulfide) groups is 1. The van der Waals surface area contributed by atoms with Gasteiger partial charge >= 0.3 is 0 Å². The van der Waals surface area contributed by atoms with E-state index in [1.807, 2.05) is 57.3 Å². The molecule has 4 heterocycles. The summed E-state index contributed by atoms with van der Waals surface area (Å²) in [5.74, 6) is 2.67. The van der Waals surface area contributed by atoms with Gasteiger partial charge in [-0.3, -0.25) is 4.79 Å². The van der Waals surface area contributed by atoms with Gasteiger partial charge in [-0.25, -0.2) is 4.40 Å². The molecule has 0 radical (unpaired) electrons. The number of nitrogens with zero attached hydrogens (tertiary/aromatic N) is 8. The Hall–Kier alpha value is -3.73. The van der Waals surface area contributed by atoms with Crippen LogP contribution in [0, 0.1) is 0 Å². The lowest BCUT2D eigenvalue weighted by molar-refractivity contribution is -0.128. The standard InChI is InChI=1S/C23H24N8O2S/c1-27-16-7-3-4-8-17(16)30-21-24-25-23(31(21)26-22(27)30)34-15-20(32)29-13-11-28(12-14-29)18-9-5-6-10-19(18)33-2/h3-10H,11-15H2,1-2H3. The molecule has 2 aromatic carbocycles. The highest BCUT2D eigenvalue weighted by molar-refractivity contribution is 7.99. The molecule has 0 aliphatic carbocycles. The minimum absolute atomic E-state index is 0.0932. The maximum absolute atomic E-state index is 12.9. The van der Waals surface area contributed by atoms with Crippen LogP contribution in [0.5, 0.6) is 5.75 Å². The Morgan fingerprint density at radius 3 is 2.50 bits per heavy atom. The Morgan fingerprint density at radius 2 is 1.71 bits per heavy atom. The Kier molecular flexibility index (Phi) is 5.05. The molecule has 1 fully saturated rings. The number of piperazine rings is 1. The van der Waals surface area contributed by atoms with E-state index < -0.39 is 0 Å². The number of imidazole rings is 1. The highest BCUT2D eigenvalue weighted by Gasteiger charge is 2.24. The number of fused-ring (bicyclic) bond motifs is 5. The number of carbonyl (C=O) groups excluding carboxylic acids is 1. The molecule has 0 N–H and O–H groups in total. The summed E-state index contributed by atoms with van der Waals surface area (Å²) >= 11 is 1.37. The Balaban J connectivity index is 1.15. The molecule has 3 aromatic heterocycles. The summed E-state index contributed by atoms with van der Waals surface area (Å²) in [6.45, 7) is 2.89. The van der Waals surface area contributed by atoms with Crippen LogP contribution in [0.2, 0.25) is 0 Å². The van der Waals surface area contributed by atoms with Crippen molar-refractivity contribution in [2.75, 3.05) is 43.9 Å². The molecule has 1 aliphatic rings. The number of aryl methyl sites for hydroxylation is 1. The minimum atomic E-state index is 0.0932. The van der Waals surface area contributed by atoms with Gasteiger partial charge in [0.05, 0.1) is 29.6 Å². The van der Waals surface area contributed by atoms with Gasteiger partial charge in [-0.1, -0.05) is 36.0 Å². The predicted molar refractivity (Wildman–Crippen MR) is 131 cm³/mol. The molecular weight excluding hydrogens is 452 g/mol. The number of hydrogen-bond donors (Lipinski definition) is 0. The lowest BCUT2D eigenvalue weighted by atomic mass is 10.2. The second-order valence-electron chi connectivity index (χ2n) is 8.21. The van der Waals surface area contributed by atoms with Crippen LogP contribution >= 0.6 is 11.8 Å². The summed E-state index contributed by atoms with van der Waals surface area (Å²) in [6, 6.07) is 16.1. The molecule has 6 rings (SSSR count). The highest BCUT2D eigenvalue weighted by Crippen LogP contribution is 2.29. The lowest BCUT2D eigenvalue weighted by Crippen LogP contribution is -2.49. The first-order chi connectivity index (χ1) is 16.7. The number of carbonyl (C=O) groups is 1. The van der Waals surface area contributed by atoms with E-state index >= 15 is 0 Å². The maximum atomic E-state index is 12.9. The first-order valence-electron chi connectivity index (χ1n) is 11.1. The number of para-hydroxylation sites is 4. The number of anilines is 1. The summed E-state index contributed by atoms with van der Waals surface area (Å²) in [6.07, 6.45) is 0. The van der Waals surface area contributed by atoms with Gasteiger partial charge in [-0.2, -0.15) is 4.52 Å². The number of aromatic nitrogens is 6. The molecule has 0 atom stereocenters. The van der Waals surface area contributed by atoms with Gasteiger partial charge in [0.15, 0.2) is 0 Å². The highest BCUT2D eigenvalue weighted by atomic mass is 32.2. The molecule has 0 saturated carbocycles. The quantitative estimate of drug-likeness (QED) is 0.360. The second kappa shape index (κ2) is 8.24. The third-order valence-electron chi connectivity index (χ3n) is 6.35. The van der Waals surface area contributed by atoms with E-state index in [0.29, 0.717) is 29.8 Å². The monoisotopic (exact) mass is 476 g/mol. The molecule has 174 valence electrons. The van der Waals surface area contributed by atoms with Crippen LogP contribution in [-0.4, -0.2) is 78.6 Å². The van der Waals surface area contributed by atoms with Crippen molar-refractivity contribution in [1.82, 2.24) is 33.7 Å². The molecule has 10 nitrogen and oxygen atoms in total. The van der Waals surface area contributed by atoms with E-state index in [-0.39, 0.29) is 5.91 Å². The Bertz CT molecular complexity index is 1510. The van der Waals surface area contributed by atoms with Crippen LogP contribution in [-0.2, 0) is 11.8 Å². The van der Waals surface area contributed by atoms with Gasteiger partial charge in [0.25, 0.3) is 5.78 Å². The van der Waals surface area contributed by atoms with Crippen molar-refractivity contribution in [1.29, 1.82) is 0 Å². The van der Waals surface area contributed by atoms with Crippen LogP contribution in [0.3, 0.4) is 0 Å². The van der Waals surface area contributed by atoms with Crippen LogP contribution in [0.1, 0.15) is 0 Å². The van der Waals surface area contributed by atoms with Gasteiger partial charge in [-0.15, -0.1) is 15.3 Å². The molecular formula is C23H24N8O2S. The summed E-state index contributed by atoms with van der Waals surface area (Å²) in [7, 11) is 3.67. The van der Waals surface area contributed by atoms with Crippen molar-refractivity contribution in [3.8, 4) is 5.75 Å². The largest absolute Gasteiger partial charge is 0.495 e. The molecule has 11 heteroatoms. The summed E-state index contributed by atoms with van der Waals surface area (Å²) < 4.78 is 11.2. The zero-order valence-corrected chi connectivity index (χ0v) is 19.8. The minimum Gasteiger partial charge on any atom is -0.495 e. The van der Waals surface area contributed by atoms with Gasteiger partial charge in [0.2, 0.25) is 16.8 Å². The first-order valence-corrected chi connectivity index (χ1v) is 12.1. The molecule has 0 bridgehead atoms. The average Bonchev–Trinajstić information content (AvgIpc) is 3.53. The Labute approximate surface area is 199 Å². The SMILES string of the molecule is COc1ccccc1N1CCN(C(=O)CSc2nnc3n2nc2n(C)c4ccccc4n23)CC1. The van der Waals surface area contributed by atoms with E-state index in [9.17, 15) is 4.79 Å². The molecule has 1 saturated heterocycles. The smallest absolute Gasteiger partial charge is 0.260 e. The van der Waals surface area contributed by atoms with Crippen molar-refractivity contribution in [2.45, 2.75) is 5.16 Å². The second-order valence-corrected chi connectivity index (χ2v) is 9.15. The summed E-state index contributed by atoms with van der Waals surface area (Å²) in [5.41, 5.74) is 3.17. The third-order valence-corrected chi connectivity index (χ3v) is 7.26. The van der Waals surface area contributed by atoms with Gasteiger partial charge in [-0.05, 0) is 24.3 Å². The molecule has 5 aromatic rings. The van der Waals surface area contributed by atoms with Gasteiger partial charge in [0, 0.05) is 33.2 Å². The number of amides is 1. The molecule has 1 amide bonds. The van der Waals surface area contributed by atoms with Crippen molar-refractivity contribution < 1.29 is 9.53 Å². The van der Waals surface area contributed by atoms with E-state index in [0.717, 1.165) is 41.3 Å². The average molecular weight is 477 g/mol. The zero-order valence-electron chi connectivity index (χ0n) is 19.0. The fraction of sp³-hybridized carbons (Fsp3) is 0.304. The number of benzene rings is 2. The number of rotatable bonds is 5. The van der Waals surface area contributed by atoms with Crippen LogP contribution in [0.4, 0.5) is 5.69 Å². The predicted octanol–water partition coefficient (Wildman–Crippen LogP) is 2.32. The molecule has 0 spiro atoms. The Morgan fingerprint density at radius 1 is 0.971 bits per heavy atom. The maximum Gasteiger partial charge on any atom is 0.260 e. The zero-order chi connectivity index (χ0) is 23.2. The molecule has 34 heavy (non-hydrogen) atoms. The summed E-state index contributed by atoms with van der Waals surface area (Å²) in [4.78, 5) is 17.1. The van der Waals surface area contributed by atoms with E-state index in [4.69, 9.17) is 9.84 Å². The van der Waals surface area contributed by atoms with Crippen LogP contribution < -0.4 is 9.64 Å². The van der Waals surface area contributed by atoms with Crippen molar-refractivity contribution in [2.24, 2.45) is 7.05 Å². The van der Waals surface area contributed by atoms with Crippen molar-refractivity contribution in [3.63, 3.8) is 0 Å². The van der Waals surface area contributed by atoms with E-state index in [1.165, 1.54) is 11.8 Å². The summed E-state index contributed by atoms with van der Waals surface area (Å²) in [5, 5.41) is 14.0. The lowest BCUT2D eigenvalue weighted by Gasteiger charge is -2.36. The fourth-order valence-corrected chi connectivity index (χ4v) is 5.36. The number of methoxy groups -OCH3 is 1. The number of ether oxygens (including phenoxy) is 1. The molecule has 0 unspecified atom stereocenters. The van der Waals surface area contributed by atoms with Crippen molar-refractivity contribution in [3.05, 3.63) is 48.5 Å². The van der Waals surface area contributed by atoms with Gasteiger partial charge < -0.3 is 19.1 Å².